The Morgan fingerprint density at radius 1 is 1.64 bits per heavy atom. The Morgan fingerprint density at radius 2 is 2.50 bits per heavy atom. The van der Waals surface area contributed by atoms with E-state index in [0.29, 0.717) is 0 Å². The number of hydrogen-bond donors (Lipinski definition) is 2. The highest BCUT2D eigenvalue weighted by Gasteiger charge is 2.19. The van der Waals surface area contributed by atoms with Crippen LogP contribution in [0.5, 0.6) is 0 Å². The van der Waals surface area contributed by atoms with E-state index in [0.717, 1.165) is 19.5 Å². The Bertz CT molecular complexity index is 331. The van der Waals surface area contributed by atoms with Crippen molar-refractivity contribution in [1.82, 2.24) is 10.6 Å². The lowest BCUT2D eigenvalue weighted by atomic mass is 10.2. The molecule has 2 N–H and O–H groups in total. The summed E-state index contributed by atoms with van der Waals surface area (Å²) in [6.07, 6.45) is 0.959. The van der Waals surface area contributed by atoms with E-state index < -0.39 is 0 Å². The maximum atomic E-state index is 11.5. The molecule has 4 nitrogen and oxygen atoms in total. The van der Waals surface area contributed by atoms with Crippen LogP contribution in [0.4, 0.5) is 0 Å². The van der Waals surface area contributed by atoms with Crippen LogP contribution in [0.3, 0.4) is 0 Å². The van der Waals surface area contributed by atoms with Crippen LogP contribution in [0.25, 0.3) is 0 Å². The number of nitrogens with one attached hydrogen (secondary N) is 2. The van der Waals surface area contributed by atoms with Crippen molar-refractivity contribution in [3.8, 4) is 0 Å². The van der Waals surface area contributed by atoms with Gasteiger partial charge >= 0.3 is 0 Å². The van der Waals surface area contributed by atoms with Crippen LogP contribution in [-0.4, -0.2) is 25.0 Å². The summed E-state index contributed by atoms with van der Waals surface area (Å²) in [5.74, 6) is 0.0625. The van der Waals surface area contributed by atoms with E-state index in [9.17, 15) is 4.79 Å². The summed E-state index contributed by atoms with van der Waals surface area (Å²) in [5.41, 5.74) is 0. The molecule has 0 aliphatic carbocycles. The van der Waals surface area contributed by atoms with Crippen molar-refractivity contribution < 1.29 is 9.21 Å². The molecule has 0 saturated carbocycles. The van der Waals surface area contributed by atoms with Crippen LogP contribution < -0.4 is 10.6 Å². The second kappa shape index (κ2) is 4.02. The molecule has 0 radical (unpaired) electrons. The molecule has 14 heavy (non-hydrogen) atoms. The van der Waals surface area contributed by atoms with Crippen LogP contribution in [0, 0.1) is 0 Å². The predicted molar refractivity (Wildman–Crippen MR) is 52.5 cm³/mol. The van der Waals surface area contributed by atoms with Gasteiger partial charge in [-0.15, -0.1) is 0 Å². The zero-order valence-electron chi connectivity index (χ0n) is 7.55. The highest BCUT2D eigenvalue weighted by atomic mass is 35.5. The summed E-state index contributed by atoms with van der Waals surface area (Å²) in [4.78, 5) is 11.5. The fraction of sp³-hybridized carbons (Fsp3) is 0.444. The monoisotopic (exact) mass is 214 g/mol. The van der Waals surface area contributed by atoms with Crippen LogP contribution in [0.1, 0.15) is 17.0 Å². The Kier molecular flexibility index (Phi) is 2.74. The number of amides is 1. The van der Waals surface area contributed by atoms with E-state index in [2.05, 4.69) is 10.6 Å². The third-order valence-electron chi connectivity index (χ3n) is 2.19. The molecular weight excluding hydrogens is 204 g/mol. The molecule has 1 aliphatic rings. The Hall–Kier alpha value is -1.00. The van der Waals surface area contributed by atoms with Crippen LogP contribution >= 0.6 is 11.6 Å². The maximum Gasteiger partial charge on any atom is 0.287 e. The Balaban J connectivity index is 1.95. The molecular formula is C9H11ClN2O2. The average Bonchev–Trinajstić information content (AvgIpc) is 2.75. The molecule has 76 valence electrons. The van der Waals surface area contributed by atoms with Gasteiger partial charge in [0.25, 0.3) is 5.91 Å². The van der Waals surface area contributed by atoms with Crippen LogP contribution in [0.15, 0.2) is 16.5 Å². The fourth-order valence-corrected chi connectivity index (χ4v) is 1.62. The van der Waals surface area contributed by atoms with Gasteiger partial charge in [-0.05, 0) is 36.7 Å². The smallest absolute Gasteiger partial charge is 0.287 e. The van der Waals surface area contributed by atoms with Crippen molar-refractivity contribution in [2.75, 3.05) is 13.1 Å². The SMILES string of the molecule is O=C(NC1CCNC1)c1ccc(Cl)o1. The number of furan rings is 1. The first-order valence-corrected chi connectivity index (χ1v) is 4.90. The zero-order chi connectivity index (χ0) is 9.97. The molecule has 2 heterocycles. The van der Waals surface area contributed by atoms with Gasteiger partial charge in [0.05, 0.1) is 0 Å². The number of carbonyl (C=O) groups is 1. The third kappa shape index (κ3) is 2.08. The van der Waals surface area contributed by atoms with E-state index >= 15 is 0 Å². The van der Waals surface area contributed by atoms with Gasteiger partial charge in [0.2, 0.25) is 0 Å². The van der Waals surface area contributed by atoms with Crippen molar-refractivity contribution in [2.24, 2.45) is 0 Å². The van der Waals surface area contributed by atoms with Crippen molar-refractivity contribution in [1.29, 1.82) is 0 Å². The second-order valence-corrected chi connectivity index (χ2v) is 3.64. The molecule has 2 rings (SSSR count). The first-order chi connectivity index (χ1) is 6.75. The van der Waals surface area contributed by atoms with Gasteiger partial charge in [-0.1, -0.05) is 0 Å². The van der Waals surface area contributed by atoms with Gasteiger partial charge in [-0.25, -0.2) is 0 Å². The minimum absolute atomic E-state index is 0.200. The summed E-state index contributed by atoms with van der Waals surface area (Å²) in [7, 11) is 0. The van der Waals surface area contributed by atoms with Gasteiger partial charge in [-0.3, -0.25) is 4.79 Å². The molecule has 1 amide bonds. The Morgan fingerprint density at radius 3 is 3.07 bits per heavy atom. The molecule has 1 atom stereocenters. The minimum atomic E-state index is -0.203. The van der Waals surface area contributed by atoms with Gasteiger partial charge < -0.3 is 15.1 Å². The lowest BCUT2D eigenvalue weighted by molar-refractivity contribution is 0.0912. The van der Waals surface area contributed by atoms with E-state index in [1.165, 1.54) is 0 Å². The molecule has 5 heteroatoms. The topological polar surface area (TPSA) is 54.3 Å². The number of halogens is 1. The first-order valence-electron chi connectivity index (χ1n) is 4.52. The van der Waals surface area contributed by atoms with Gasteiger partial charge in [-0.2, -0.15) is 0 Å². The van der Waals surface area contributed by atoms with Crippen LogP contribution in [-0.2, 0) is 0 Å². The largest absolute Gasteiger partial charge is 0.440 e. The molecule has 1 unspecified atom stereocenters. The van der Waals surface area contributed by atoms with Gasteiger partial charge in [0, 0.05) is 12.6 Å². The van der Waals surface area contributed by atoms with Crippen LogP contribution in [0.2, 0.25) is 5.22 Å². The Labute approximate surface area is 86.6 Å². The van der Waals surface area contributed by atoms with E-state index in [4.69, 9.17) is 16.0 Å². The minimum Gasteiger partial charge on any atom is -0.440 e. The number of carbonyl (C=O) groups excluding carboxylic acids is 1. The summed E-state index contributed by atoms with van der Waals surface area (Å²) in [6.45, 7) is 1.77. The van der Waals surface area contributed by atoms with E-state index in [1.807, 2.05) is 0 Å². The number of rotatable bonds is 2. The predicted octanol–water partition coefficient (Wildman–Crippen LogP) is 1.02. The molecule has 0 bridgehead atoms. The van der Waals surface area contributed by atoms with Crippen molar-refractivity contribution in [2.45, 2.75) is 12.5 Å². The molecule has 1 aliphatic heterocycles. The quantitative estimate of drug-likeness (QED) is 0.773. The van der Waals surface area contributed by atoms with Crippen molar-refractivity contribution in [3.05, 3.63) is 23.1 Å². The summed E-state index contributed by atoms with van der Waals surface area (Å²) >= 11 is 5.56. The fourth-order valence-electron chi connectivity index (χ4n) is 1.47. The first kappa shape index (κ1) is 9.55. The highest BCUT2D eigenvalue weighted by molar-refractivity contribution is 6.29. The maximum absolute atomic E-state index is 11.5. The van der Waals surface area contributed by atoms with Gasteiger partial charge in [0.1, 0.15) is 0 Å². The van der Waals surface area contributed by atoms with Crippen molar-refractivity contribution >= 4 is 17.5 Å². The molecule has 1 aromatic rings. The summed E-state index contributed by atoms with van der Waals surface area (Å²) in [6, 6.07) is 3.33. The molecule has 0 aromatic carbocycles. The van der Waals surface area contributed by atoms with Crippen molar-refractivity contribution in [3.63, 3.8) is 0 Å². The molecule has 1 fully saturated rings. The lowest BCUT2D eigenvalue weighted by Crippen LogP contribution is -2.35. The standard InChI is InChI=1S/C9H11ClN2O2/c10-8-2-1-7(14-8)9(13)12-6-3-4-11-5-6/h1-2,6,11H,3-5H2,(H,12,13). The molecule has 1 aromatic heterocycles. The number of hydrogen-bond acceptors (Lipinski definition) is 3. The zero-order valence-corrected chi connectivity index (χ0v) is 8.30. The van der Waals surface area contributed by atoms with E-state index in [1.54, 1.807) is 12.1 Å². The highest BCUT2D eigenvalue weighted by Crippen LogP contribution is 2.13. The summed E-state index contributed by atoms with van der Waals surface area (Å²) < 4.78 is 4.99. The average molecular weight is 215 g/mol. The van der Waals surface area contributed by atoms with E-state index in [-0.39, 0.29) is 22.9 Å². The molecule has 0 spiro atoms. The summed E-state index contributed by atoms with van der Waals surface area (Å²) in [5, 5.41) is 6.25. The third-order valence-corrected chi connectivity index (χ3v) is 2.40. The van der Waals surface area contributed by atoms with Gasteiger partial charge in [0.15, 0.2) is 11.0 Å². The lowest BCUT2D eigenvalue weighted by Gasteiger charge is -2.08. The normalized spacial score (nSPS) is 21.1. The molecule has 1 saturated heterocycles. The second-order valence-electron chi connectivity index (χ2n) is 3.27.